The van der Waals surface area contributed by atoms with Gasteiger partial charge in [-0.05, 0) is 6.42 Å². The van der Waals surface area contributed by atoms with Crippen LogP contribution in [0, 0.1) is 5.92 Å². The number of nitrogens with zero attached hydrogens (tertiary/aromatic N) is 1. The van der Waals surface area contributed by atoms with E-state index in [1.54, 1.807) is 6.92 Å². The molecule has 1 atom stereocenters. The van der Waals surface area contributed by atoms with Crippen LogP contribution >= 0.6 is 0 Å². The Balaban J connectivity index is 4.44. The average molecular weight is 207 g/mol. The maximum atomic E-state index is 11.4. The van der Waals surface area contributed by atoms with E-state index < -0.39 is 10.0 Å². The Morgan fingerprint density at radius 1 is 1.46 bits per heavy atom. The quantitative estimate of drug-likeness (QED) is 0.686. The molecular formula is C8H17NO3S. The molecule has 0 aromatic heterocycles. The molecule has 1 amide bonds. The third kappa shape index (κ3) is 3.76. The number of carbonyl (C=O) groups is 1. The minimum absolute atomic E-state index is 0.218. The molecule has 0 aliphatic carbocycles. The summed E-state index contributed by atoms with van der Waals surface area (Å²) in [5.41, 5.74) is 0. The Kier molecular flexibility index (Phi) is 4.39. The fraction of sp³-hybridized carbons (Fsp3) is 0.875. The summed E-state index contributed by atoms with van der Waals surface area (Å²) in [4.78, 5) is 11.4. The Morgan fingerprint density at radius 2 is 1.92 bits per heavy atom. The van der Waals surface area contributed by atoms with Crippen LogP contribution in [0.5, 0.6) is 0 Å². The van der Waals surface area contributed by atoms with E-state index in [1.165, 1.54) is 7.05 Å². The van der Waals surface area contributed by atoms with Gasteiger partial charge in [0.05, 0.1) is 6.26 Å². The van der Waals surface area contributed by atoms with Gasteiger partial charge in [0.25, 0.3) is 0 Å². The molecule has 0 fully saturated rings. The molecule has 0 spiro atoms. The number of hydrogen-bond donors (Lipinski definition) is 0. The van der Waals surface area contributed by atoms with Crippen molar-refractivity contribution in [3.05, 3.63) is 0 Å². The Morgan fingerprint density at radius 3 is 2.23 bits per heavy atom. The van der Waals surface area contributed by atoms with Crippen LogP contribution in [0.15, 0.2) is 0 Å². The van der Waals surface area contributed by atoms with Gasteiger partial charge in [-0.2, -0.15) is 0 Å². The maximum Gasteiger partial charge on any atom is 0.238 e. The third-order valence-corrected chi connectivity index (χ3v) is 3.13. The first kappa shape index (κ1) is 12.4. The van der Waals surface area contributed by atoms with Gasteiger partial charge in [-0.15, -0.1) is 0 Å². The van der Waals surface area contributed by atoms with Gasteiger partial charge in [-0.3, -0.25) is 4.79 Å². The van der Waals surface area contributed by atoms with Crippen molar-refractivity contribution in [1.29, 1.82) is 0 Å². The van der Waals surface area contributed by atoms with Crippen molar-refractivity contribution < 1.29 is 13.2 Å². The predicted molar refractivity (Wildman–Crippen MR) is 51.7 cm³/mol. The lowest BCUT2D eigenvalue weighted by atomic mass is 10.1. The molecule has 0 aliphatic rings. The van der Waals surface area contributed by atoms with E-state index in [0.717, 1.165) is 23.4 Å². The van der Waals surface area contributed by atoms with Gasteiger partial charge < -0.3 is 0 Å². The highest BCUT2D eigenvalue weighted by atomic mass is 32.2. The molecule has 13 heavy (non-hydrogen) atoms. The topological polar surface area (TPSA) is 54.5 Å². The standard InChI is InChI=1S/C8H17NO3S/c1-5-6-7(2)8(10)9(3)13(4,11)12/h7H,5-6H2,1-4H3. The first-order chi connectivity index (χ1) is 5.80. The molecule has 0 aromatic carbocycles. The van der Waals surface area contributed by atoms with Gasteiger partial charge in [-0.25, -0.2) is 12.7 Å². The molecular weight excluding hydrogens is 190 g/mol. The number of carbonyl (C=O) groups excluding carboxylic acids is 1. The van der Waals surface area contributed by atoms with Crippen molar-refractivity contribution in [3.8, 4) is 0 Å². The molecule has 5 heteroatoms. The van der Waals surface area contributed by atoms with Crippen LogP contribution < -0.4 is 0 Å². The highest BCUT2D eigenvalue weighted by Gasteiger charge is 2.22. The van der Waals surface area contributed by atoms with E-state index in [1.807, 2.05) is 6.92 Å². The maximum absolute atomic E-state index is 11.4. The van der Waals surface area contributed by atoms with Gasteiger partial charge in [0, 0.05) is 13.0 Å². The van der Waals surface area contributed by atoms with Crippen LogP contribution in [0.4, 0.5) is 0 Å². The molecule has 0 N–H and O–H groups in total. The van der Waals surface area contributed by atoms with Crippen LogP contribution in [0.3, 0.4) is 0 Å². The number of rotatable bonds is 4. The zero-order valence-electron chi connectivity index (χ0n) is 8.57. The molecule has 4 nitrogen and oxygen atoms in total. The second-order valence-electron chi connectivity index (χ2n) is 3.26. The van der Waals surface area contributed by atoms with E-state index in [-0.39, 0.29) is 11.8 Å². The minimum atomic E-state index is -3.38. The molecule has 0 radical (unpaired) electrons. The van der Waals surface area contributed by atoms with E-state index in [9.17, 15) is 13.2 Å². The number of sulfonamides is 1. The van der Waals surface area contributed by atoms with Crippen LogP contribution in [0.25, 0.3) is 0 Å². The SMILES string of the molecule is CCCC(C)C(=O)N(C)S(C)(=O)=O. The first-order valence-corrected chi connectivity index (χ1v) is 6.13. The number of hydrogen-bond acceptors (Lipinski definition) is 3. The fourth-order valence-corrected chi connectivity index (χ4v) is 1.54. The minimum Gasteiger partial charge on any atom is -0.274 e. The molecule has 0 aliphatic heterocycles. The second kappa shape index (κ2) is 4.60. The lowest BCUT2D eigenvalue weighted by Crippen LogP contribution is -2.36. The molecule has 1 unspecified atom stereocenters. The molecule has 0 heterocycles. The van der Waals surface area contributed by atoms with Crippen LogP contribution in [-0.2, 0) is 14.8 Å². The summed E-state index contributed by atoms with van der Waals surface area (Å²) in [6.07, 6.45) is 2.63. The lowest BCUT2D eigenvalue weighted by molar-refractivity contribution is -0.129. The van der Waals surface area contributed by atoms with Crippen molar-refractivity contribution in [3.63, 3.8) is 0 Å². The number of amides is 1. The summed E-state index contributed by atoms with van der Waals surface area (Å²) in [7, 11) is -2.09. The van der Waals surface area contributed by atoms with E-state index in [4.69, 9.17) is 0 Å². The zero-order valence-corrected chi connectivity index (χ0v) is 9.39. The molecule has 0 aromatic rings. The zero-order chi connectivity index (χ0) is 10.6. The fourth-order valence-electron chi connectivity index (χ4n) is 1.03. The van der Waals surface area contributed by atoms with E-state index >= 15 is 0 Å². The highest BCUT2D eigenvalue weighted by Crippen LogP contribution is 2.10. The second-order valence-corrected chi connectivity index (χ2v) is 5.27. The summed E-state index contributed by atoms with van der Waals surface area (Å²) < 4.78 is 22.8. The van der Waals surface area contributed by atoms with Gasteiger partial charge in [0.15, 0.2) is 0 Å². The van der Waals surface area contributed by atoms with Crippen molar-refractivity contribution in [1.82, 2.24) is 4.31 Å². The normalized spacial score (nSPS) is 13.8. The van der Waals surface area contributed by atoms with E-state index in [0.29, 0.717) is 0 Å². The molecule has 0 saturated carbocycles. The summed E-state index contributed by atoms with van der Waals surface area (Å²) in [5, 5.41) is 0. The largest absolute Gasteiger partial charge is 0.274 e. The Bertz CT molecular complexity index is 271. The first-order valence-electron chi connectivity index (χ1n) is 4.28. The molecule has 0 saturated heterocycles. The van der Waals surface area contributed by atoms with Gasteiger partial charge >= 0.3 is 0 Å². The molecule has 0 rings (SSSR count). The van der Waals surface area contributed by atoms with Gasteiger partial charge in [0.1, 0.15) is 0 Å². The average Bonchev–Trinajstić information content (AvgIpc) is 2.00. The Labute approximate surface area is 80.0 Å². The molecule has 78 valence electrons. The van der Waals surface area contributed by atoms with Crippen molar-refractivity contribution >= 4 is 15.9 Å². The summed E-state index contributed by atoms with van der Waals surface area (Å²) in [5.74, 6) is -0.547. The third-order valence-electron chi connectivity index (χ3n) is 1.95. The summed E-state index contributed by atoms with van der Waals surface area (Å²) in [6.45, 7) is 3.71. The van der Waals surface area contributed by atoms with Crippen molar-refractivity contribution in [2.45, 2.75) is 26.7 Å². The summed E-state index contributed by atoms with van der Waals surface area (Å²) >= 11 is 0. The Hall–Kier alpha value is -0.580. The van der Waals surface area contributed by atoms with Crippen LogP contribution in [0.1, 0.15) is 26.7 Å². The monoisotopic (exact) mass is 207 g/mol. The van der Waals surface area contributed by atoms with Crippen LogP contribution in [0.2, 0.25) is 0 Å². The highest BCUT2D eigenvalue weighted by molar-refractivity contribution is 7.88. The van der Waals surface area contributed by atoms with Crippen LogP contribution in [-0.4, -0.2) is 31.9 Å². The van der Waals surface area contributed by atoms with Gasteiger partial charge in [-0.1, -0.05) is 20.3 Å². The summed E-state index contributed by atoms with van der Waals surface area (Å²) in [6, 6.07) is 0. The van der Waals surface area contributed by atoms with Gasteiger partial charge in [0.2, 0.25) is 15.9 Å². The lowest BCUT2D eigenvalue weighted by Gasteiger charge is -2.18. The van der Waals surface area contributed by atoms with Crippen molar-refractivity contribution in [2.75, 3.05) is 13.3 Å². The van der Waals surface area contributed by atoms with E-state index in [2.05, 4.69) is 0 Å². The molecule has 0 bridgehead atoms. The van der Waals surface area contributed by atoms with Crippen molar-refractivity contribution in [2.24, 2.45) is 5.92 Å². The smallest absolute Gasteiger partial charge is 0.238 e. The predicted octanol–water partition coefficient (Wildman–Crippen LogP) is 0.841.